The van der Waals surface area contributed by atoms with Crippen LogP contribution in [0.25, 0.3) is 11.5 Å². The number of methoxy groups -OCH3 is 1. The highest BCUT2D eigenvalue weighted by molar-refractivity contribution is 5.97. The molecule has 1 aromatic carbocycles. The summed E-state index contributed by atoms with van der Waals surface area (Å²) in [6, 6.07) is 6.66. The van der Waals surface area contributed by atoms with Crippen LogP contribution < -0.4 is 5.32 Å². The van der Waals surface area contributed by atoms with E-state index >= 15 is 0 Å². The summed E-state index contributed by atoms with van der Waals surface area (Å²) < 4.78 is 35.2. The van der Waals surface area contributed by atoms with Gasteiger partial charge in [-0.25, -0.2) is 13.5 Å². The van der Waals surface area contributed by atoms with E-state index in [0.717, 1.165) is 18.2 Å². The van der Waals surface area contributed by atoms with Crippen molar-refractivity contribution < 1.29 is 18.3 Å². The van der Waals surface area contributed by atoms with Gasteiger partial charge in [0.05, 0.1) is 11.9 Å². The van der Waals surface area contributed by atoms with Crippen molar-refractivity contribution in [2.75, 3.05) is 20.3 Å². The van der Waals surface area contributed by atoms with Crippen LogP contribution in [0.4, 0.5) is 8.78 Å². The van der Waals surface area contributed by atoms with Crippen LogP contribution in [-0.2, 0) is 4.74 Å². The first-order valence-corrected chi connectivity index (χ1v) is 8.05. The summed E-state index contributed by atoms with van der Waals surface area (Å²) in [6.45, 7) is 0.976. The van der Waals surface area contributed by atoms with E-state index in [1.165, 1.54) is 10.9 Å². The maximum absolute atomic E-state index is 13.6. The minimum absolute atomic E-state index is 0.185. The van der Waals surface area contributed by atoms with Gasteiger partial charge in [0.1, 0.15) is 17.2 Å². The Morgan fingerprint density at radius 2 is 1.88 bits per heavy atom. The average molecular weight is 360 g/mol. The highest BCUT2D eigenvalue weighted by atomic mass is 19.1. The van der Waals surface area contributed by atoms with Crippen LogP contribution >= 0.6 is 0 Å². The third-order valence-electron chi connectivity index (χ3n) is 3.74. The molecule has 0 aliphatic heterocycles. The van der Waals surface area contributed by atoms with Crippen molar-refractivity contribution >= 4 is 5.91 Å². The van der Waals surface area contributed by atoms with Crippen LogP contribution in [-0.4, -0.2) is 40.5 Å². The van der Waals surface area contributed by atoms with E-state index in [-0.39, 0.29) is 11.6 Å². The quantitative estimate of drug-likeness (QED) is 0.659. The molecule has 6 nitrogen and oxygen atoms in total. The number of ether oxygens (including phenoxy) is 1. The lowest BCUT2D eigenvalue weighted by atomic mass is 10.2. The van der Waals surface area contributed by atoms with Crippen LogP contribution in [0.3, 0.4) is 0 Å². The van der Waals surface area contributed by atoms with Crippen LogP contribution in [0, 0.1) is 11.6 Å². The summed E-state index contributed by atoms with van der Waals surface area (Å²) in [6.07, 6.45) is 5.50. The number of rotatable bonds is 7. The Bertz CT molecular complexity index is 870. The number of nitrogens with zero attached hydrogens (tertiary/aromatic N) is 3. The zero-order valence-corrected chi connectivity index (χ0v) is 14.2. The molecular formula is C18H18F2N4O2. The van der Waals surface area contributed by atoms with E-state index in [0.29, 0.717) is 31.0 Å². The van der Waals surface area contributed by atoms with Crippen molar-refractivity contribution in [3.05, 3.63) is 66.1 Å². The monoisotopic (exact) mass is 360 g/mol. The van der Waals surface area contributed by atoms with Gasteiger partial charge in [-0.05, 0) is 30.7 Å². The Labute approximate surface area is 149 Å². The van der Waals surface area contributed by atoms with Crippen molar-refractivity contribution in [1.29, 1.82) is 0 Å². The second kappa shape index (κ2) is 7.92. The number of carbonyl (C=O) groups excluding carboxylic acids is 1. The predicted octanol–water partition coefficient (Wildman–Crippen LogP) is 2.71. The standard InChI is InChI=1S/C18H18F2N4O2/c1-26-8-4-5-21-17(25)16-12-22-24(18(16)23-6-2-3-7-23)15-10-13(19)9-14(20)11-15/h2-3,6-7,9-12H,4-5,8H2,1H3,(H,21,25). The third-order valence-corrected chi connectivity index (χ3v) is 3.74. The molecule has 0 bridgehead atoms. The zero-order chi connectivity index (χ0) is 18.5. The van der Waals surface area contributed by atoms with Gasteiger partial charge in [-0.15, -0.1) is 0 Å². The fourth-order valence-corrected chi connectivity index (χ4v) is 2.59. The zero-order valence-electron chi connectivity index (χ0n) is 14.2. The summed E-state index contributed by atoms with van der Waals surface area (Å²) in [5, 5.41) is 6.96. The number of benzene rings is 1. The van der Waals surface area contributed by atoms with Gasteiger partial charge < -0.3 is 14.6 Å². The van der Waals surface area contributed by atoms with Crippen LogP contribution in [0.2, 0.25) is 0 Å². The van der Waals surface area contributed by atoms with E-state index in [4.69, 9.17) is 4.74 Å². The molecule has 1 amide bonds. The molecule has 8 heteroatoms. The highest BCUT2D eigenvalue weighted by Crippen LogP contribution is 2.21. The first kappa shape index (κ1) is 17.8. The van der Waals surface area contributed by atoms with Crippen molar-refractivity contribution in [1.82, 2.24) is 19.7 Å². The smallest absolute Gasteiger partial charge is 0.256 e. The topological polar surface area (TPSA) is 61.1 Å². The SMILES string of the molecule is COCCCNC(=O)c1cnn(-c2cc(F)cc(F)c2)c1-n1cccc1. The second-order valence-electron chi connectivity index (χ2n) is 5.61. The summed E-state index contributed by atoms with van der Waals surface area (Å²) >= 11 is 0. The molecule has 0 saturated carbocycles. The first-order chi connectivity index (χ1) is 12.6. The number of halogens is 2. The van der Waals surface area contributed by atoms with E-state index in [1.54, 1.807) is 36.2 Å². The molecule has 0 radical (unpaired) electrons. The van der Waals surface area contributed by atoms with Gasteiger partial charge in [0.2, 0.25) is 0 Å². The fourth-order valence-electron chi connectivity index (χ4n) is 2.59. The number of amides is 1. The van der Waals surface area contributed by atoms with Gasteiger partial charge in [0.15, 0.2) is 5.82 Å². The molecule has 3 aromatic rings. The molecule has 136 valence electrons. The molecule has 3 rings (SSSR count). The molecule has 0 atom stereocenters. The van der Waals surface area contributed by atoms with Crippen molar-refractivity contribution in [2.45, 2.75) is 6.42 Å². The fraction of sp³-hybridized carbons (Fsp3) is 0.222. The van der Waals surface area contributed by atoms with Gasteiger partial charge in [-0.3, -0.25) is 4.79 Å². The first-order valence-electron chi connectivity index (χ1n) is 8.05. The number of hydrogen-bond acceptors (Lipinski definition) is 3. The molecule has 0 aliphatic rings. The summed E-state index contributed by atoms with van der Waals surface area (Å²) in [4.78, 5) is 12.5. The van der Waals surface area contributed by atoms with Crippen molar-refractivity contribution in [2.24, 2.45) is 0 Å². The Kier molecular flexibility index (Phi) is 5.43. The molecule has 1 N–H and O–H groups in total. The Hall–Kier alpha value is -3.00. The predicted molar refractivity (Wildman–Crippen MR) is 91.6 cm³/mol. The molecule has 0 unspecified atom stereocenters. The summed E-state index contributed by atoms with van der Waals surface area (Å²) in [7, 11) is 1.59. The number of hydrogen-bond donors (Lipinski definition) is 1. The molecule has 2 heterocycles. The van der Waals surface area contributed by atoms with Gasteiger partial charge >= 0.3 is 0 Å². The molecule has 26 heavy (non-hydrogen) atoms. The lowest BCUT2D eigenvalue weighted by Gasteiger charge is -2.11. The molecule has 0 spiro atoms. The molecule has 2 aromatic heterocycles. The molecule has 0 saturated heterocycles. The molecular weight excluding hydrogens is 342 g/mol. The number of nitrogens with one attached hydrogen (secondary N) is 1. The third kappa shape index (κ3) is 3.80. The second-order valence-corrected chi connectivity index (χ2v) is 5.61. The number of aromatic nitrogens is 3. The van der Waals surface area contributed by atoms with Gasteiger partial charge in [-0.1, -0.05) is 0 Å². The van der Waals surface area contributed by atoms with E-state index in [2.05, 4.69) is 10.4 Å². The van der Waals surface area contributed by atoms with Crippen LogP contribution in [0.15, 0.2) is 48.9 Å². The molecule has 0 aliphatic carbocycles. The van der Waals surface area contributed by atoms with Gasteiger partial charge in [-0.2, -0.15) is 5.10 Å². The lowest BCUT2D eigenvalue weighted by Crippen LogP contribution is -2.26. The Morgan fingerprint density at radius 3 is 2.54 bits per heavy atom. The lowest BCUT2D eigenvalue weighted by molar-refractivity contribution is 0.0948. The Balaban J connectivity index is 1.99. The normalized spacial score (nSPS) is 10.9. The highest BCUT2D eigenvalue weighted by Gasteiger charge is 2.20. The van der Waals surface area contributed by atoms with E-state index in [1.807, 2.05) is 0 Å². The maximum Gasteiger partial charge on any atom is 0.256 e. The summed E-state index contributed by atoms with van der Waals surface area (Å²) in [5.41, 5.74) is 0.480. The van der Waals surface area contributed by atoms with Crippen LogP contribution in [0.5, 0.6) is 0 Å². The maximum atomic E-state index is 13.6. The van der Waals surface area contributed by atoms with Crippen LogP contribution in [0.1, 0.15) is 16.8 Å². The van der Waals surface area contributed by atoms with E-state index < -0.39 is 11.6 Å². The average Bonchev–Trinajstić information content (AvgIpc) is 3.26. The minimum atomic E-state index is -0.723. The van der Waals surface area contributed by atoms with Gasteiger partial charge in [0.25, 0.3) is 5.91 Å². The Morgan fingerprint density at radius 1 is 1.19 bits per heavy atom. The molecule has 0 fully saturated rings. The summed E-state index contributed by atoms with van der Waals surface area (Å²) in [5.74, 6) is -1.38. The van der Waals surface area contributed by atoms with E-state index in [9.17, 15) is 13.6 Å². The minimum Gasteiger partial charge on any atom is -0.385 e. The van der Waals surface area contributed by atoms with Gasteiger partial charge in [0, 0.05) is 38.7 Å². The van der Waals surface area contributed by atoms with Crippen molar-refractivity contribution in [3.63, 3.8) is 0 Å². The number of carbonyl (C=O) groups is 1. The van der Waals surface area contributed by atoms with Crippen molar-refractivity contribution in [3.8, 4) is 11.5 Å². The largest absolute Gasteiger partial charge is 0.385 e.